The van der Waals surface area contributed by atoms with Crippen molar-refractivity contribution >= 4 is 64.2 Å². The van der Waals surface area contributed by atoms with Gasteiger partial charge in [0.2, 0.25) is 5.91 Å². The Hall–Kier alpha value is -2.20. The van der Waals surface area contributed by atoms with Gasteiger partial charge in [-0.15, -0.1) is 0 Å². The maximum atomic E-state index is 13.0. The average molecular weight is 482 g/mol. The van der Waals surface area contributed by atoms with Gasteiger partial charge in [0.1, 0.15) is 5.82 Å². The minimum atomic E-state index is -0.691. The molecule has 0 bridgehead atoms. The number of nitrogens with one attached hydrogen (secondary N) is 1. The second-order valence-corrected chi connectivity index (χ2v) is 9.12. The molecule has 4 rings (SSSR count). The molecular weight excluding hydrogens is 461 g/mol. The maximum absolute atomic E-state index is 13.0. The first-order chi connectivity index (χ1) is 14.9. The highest BCUT2D eigenvalue weighted by Crippen LogP contribution is 2.31. The number of morpholine rings is 1. The third-order valence-corrected chi connectivity index (χ3v) is 6.66. The van der Waals surface area contributed by atoms with E-state index in [4.69, 9.17) is 33.7 Å². The molecule has 2 fully saturated rings. The number of nitrogens with zero attached hydrogens (tertiary/aromatic N) is 3. The van der Waals surface area contributed by atoms with Gasteiger partial charge in [-0.2, -0.15) is 0 Å². The van der Waals surface area contributed by atoms with E-state index in [0.29, 0.717) is 41.8 Å². The number of pyridine rings is 1. The van der Waals surface area contributed by atoms with Crippen molar-refractivity contribution in [3.8, 4) is 0 Å². The molecule has 8 nitrogen and oxygen atoms in total. The third kappa shape index (κ3) is 5.17. The largest absolute Gasteiger partial charge is 0.367 e. The Kier molecular flexibility index (Phi) is 6.76. The van der Waals surface area contributed by atoms with E-state index in [2.05, 4.69) is 14.6 Å². The molecule has 2 saturated heterocycles. The van der Waals surface area contributed by atoms with Gasteiger partial charge >= 0.3 is 0 Å². The normalized spacial score (nSPS) is 18.8. The lowest BCUT2D eigenvalue weighted by atomic mass is 10.2. The number of benzene rings is 1. The Morgan fingerprint density at radius 3 is 2.81 bits per heavy atom. The molecule has 31 heavy (non-hydrogen) atoms. The summed E-state index contributed by atoms with van der Waals surface area (Å²) in [5.74, 6) is 0.854. The monoisotopic (exact) mass is 481 g/mol. The van der Waals surface area contributed by atoms with Crippen LogP contribution in [0.25, 0.3) is 0 Å². The van der Waals surface area contributed by atoms with Crippen molar-refractivity contribution in [3.63, 3.8) is 0 Å². The summed E-state index contributed by atoms with van der Waals surface area (Å²) in [6.45, 7) is 2.14. The Morgan fingerprint density at radius 1 is 1.23 bits per heavy atom. The minimum Gasteiger partial charge on any atom is -0.367 e. The van der Waals surface area contributed by atoms with E-state index in [-0.39, 0.29) is 10.9 Å². The summed E-state index contributed by atoms with van der Waals surface area (Å²) in [7, 11) is 0. The molecule has 0 saturated carbocycles. The number of nitrogens with two attached hydrogens (primary N) is 1. The fourth-order valence-electron chi connectivity index (χ4n) is 3.45. The molecule has 2 aromatic rings. The standard InChI is InChI=1S/C20H21Cl2N5O3S/c21-12-6-13(8-14(7-12)26-3-4-30-17(11-26)19(23)28)25-20(29)15-9-18(24-10-16(15)22)27-2-1-5-31-27/h6-10,17H,1-5,11H2,(H2,23,28)(H,25,29). The molecule has 1 unspecified atom stereocenters. The van der Waals surface area contributed by atoms with Crippen LogP contribution in [-0.4, -0.2) is 54.9 Å². The molecule has 11 heteroatoms. The smallest absolute Gasteiger partial charge is 0.257 e. The third-order valence-electron chi connectivity index (χ3n) is 4.98. The summed E-state index contributed by atoms with van der Waals surface area (Å²) in [5, 5.41) is 3.58. The van der Waals surface area contributed by atoms with Crippen LogP contribution in [0.4, 0.5) is 17.2 Å². The number of carbonyl (C=O) groups excluding carboxylic acids is 2. The maximum Gasteiger partial charge on any atom is 0.257 e. The molecule has 0 aliphatic carbocycles. The van der Waals surface area contributed by atoms with Gasteiger partial charge in [-0.25, -0.2) is 4.98 Å². The van der Waals surface area contributed by atoms with Crippen molar-refractivity contribution in [2.24, 2.45) is 5.73 Å². The first kappa shape index (κ1) is 22.0. The quantitative estimate of drug-likeness (QED) is 0.632. The highest BCUT2D eigenvalue weighted by molar-refractivity contribution is 8.00. The van der Waals surface area contributed by atoms with Gasteiger partial charge in [-0.05, 0) is 42.6 Å². The first-order valence-electron chi connectivity index (χ1n) is 9.74. The highest BCUT2D eigenvalue weighted by atomic mass is 35.5. The second-order valence-electron chi connectivity index (χ2n) is 7.17. The van der Waals surface area contributed by atoms with Crippen LogP contribution in [0.15, 0.2) is 30.5 Å². The van der Waals surface area contributed by atoms with E-state index in [9.17, 15) is 9.59 Å². The first-order valence-corrected chi connectivity index (χ1v) is 11.4. The van der Waals surface area contributed by atoms with Crippen LogP contribution in [0.2, 0.25) is 10.0 Å². The molecule has 0 spiro atoms. The SMILES string of the molecule is NC(=O)C1CN(c2cc(Cl)cc(NC(=O)c3cc(N4CCCS4)ncc3Cl)c2)CCO1. The minimum absolute atomic E-state index is 0.269. The molecule has 3 N–H and O–H groups in total. The molecule has 1 aromatic heterocycles. The van der Waals surface area contributed by atoms with E-state index in [0.717, 1.165) is 24.4 Å². The predicted molar refractivity (Wildman–Crippen MR) is 124 cm³/mol. The van der Waals surface area contributed by atoms with Crippen molar-refractivity contribution in [1.82, 2.24) is 4.98 Å². The van der Waals surface area contributed by atoms with Gasteiger partial charge in [-0.1, -0.05) is 23.2 Å². The van der Waals surface area contributed by atoms with E-state index in [1.807, 2.05) is 4.90 Å². The summed E-state index contributed by atoms with van der Waals surface area (Å²) in [6, 6.07) is 6.91. The molecule has 1 aromatic carbocycles. The molecule has 3 heterocycles. The molecular formula is C20H21Cl2N5O3S. The number of carbonyl (C=O) groups is 2. The van der Waals surface area contributed by atoms with Gasteiger partial charge in [0.15, 0.2) is 6.10 Å². The van der Waals surface area contributed by atoms with E-state index < -0.39 is 12.0 Å². The van der Waals surface area contributed by atoms with Gasteiger partial charge in [0.25, 0.3) is 5.91 Å². The molecule has 2 aliphatic heterocycles. The van der Waals surface area contributed by atoms with Crippen molar-refractivity contribution in [1.29, 1.82) is 0 Å². The number of rotatable bonds is 5. The van der Waals surface area contributed by atoms with Crippen molar-refractivity contribution in [2.45, 2.75) is 12.5 Å². The number of ether oxygens (including phenoxy) is 1. The van der Waals surface area contributed by atoms with Crippen molar-refractivity contribution in [3.05, 3.63) is 46.1 Å². The lowest BCUT2D eigenvalue weighted by molar-refractivity contribution is -0.130. The number of primary amides is 1. The van der Waals surface area contributed by atoms with Crippen LogP contribution >= 0.6 is 35.1 Å². The summed E-state index contributed by atoms with van der Waals surface area (Å²) < 4.78 is 7.45. The summed E-state index contributed by atoms with van der Waals surface area (Å²) in [4.78, 5) is 30.7. The van der Waals surface area contributed by atoms with Crippen molar-refractivity contribution < 1.29 is 14.3 Å². The van der Waals surface area contributed by atoms with Gasteiger partial charge in [-0.3, -0.25) is 9.59 Å². The number of anilines is 3. The molecule has 0 radical (unpaired) electrons. The van der Waals surface area contributed by atoms with Crippen LogP contribution in [0.5, 0.6) is 0 Å². The van der Waals surface area contributed by atoms with Crippen LogP contribution in [0.1, 0.15) is 16.8 Å². The van der Waals surface area contributed by atoms with Gasteiger partial charge < -0.3 is 25.0 Å². The van der Waals surface area contributed by atoms with E-state index in [1.54, 1.807) is 36.2 Å². The Bertz CT molecular complexity index is 1000. The molecule has 164 valence electrons. The average Bonchev–Trinajstić information content (AvgIpc) is 3.28. The van der Waals surface area contributed by atoms with Crippen LogP contribution in [0.3, 0.4) is 0 Å². The summed E-state index contributed by atoms with van der Waals surface area (Å²) in [5.41, 5.74) is 6.98. The van der Waals surface area contributed by atoms with Crippen molar-refractivity contribution in [2.75, 3.05) is 46.5 Å². The van der Waals surface area contributed by atoms with Gasteiger partial charge in [0, 0.05) is 41.4 Å². The second kappa shape index (κ2) is 9.52. The fourth-order valence-corrected chi connectivity index (χ4v) is 4.84. The Balaban J connectivity index is 1.53. The Morgan fingerprint density at radius 2 is 2.06 bits per heavy atom. The van der Waals surface area contributed by atoms with Crippen LogP contribution in [-0.2, 0) is 9.53 Å². The summed E-state index contributed by atoms with van der Waals surface area (Å²) in [6.07, 6.45) is 1.87. The summed E-state index contributed by atoms with van der Waals surface area (Å²) >= 11 is 14.2. The number of aromatic nitrogens is 1. The molecule has 1 atom stereocenters. The number of hydrogen-bond donors (Lipinski definition) is 2. The highest BCUT2D eigenvalue weighted by Gasteiger charge is 2.25. The van der Waals surface area contributed by atoms with E-state index in [1.165, 1.54) is 6.20 Å². The Labute approximate surface area is 194 Å². The zero-order valence-electron chi connectivity index (χ0n) is 16.5. The van der Waals surface area contributed by atoms with Crippen LogP contribution in [0, 0.1) is 0 Å². The number of amides is 2. The lowest BCUT2D eigenvalue weighted by Crippen LogP contribution is -2.48. The predicted octanol–water partition coefficient (Wildman–Crippen LogP) is 3.19. The zero-order chi connectivity index (χ0) is 22.0. The lowest BCUT2D eigenvalue weighted by Gasteiger charge is -2.33. The zero-order valence-corrected chi connectivity index (χ0v) is 18.8. The molecule has 2 aliphatic rings. The number of halogens is 2. The van der Waals surface area contributed by atoms with Gasteiger partial charge in [0.05, 0.1) is 23.7 Å². The fraction of sp³-hybridized carbons (Fsp3) is 0.350. The van der Waals surface area contributed by atoms with Crippen LogP contribution < -0.4 is 20.3 Å². The number of hydrogen-bond acceptors (Lipinski definition) is 7. The van der Waals surface area contributed by atoms with E-state index >= 15 is 0 Å². The molecule has 2 amide bonds. The topological polar surface area (TPSA) is 101 Å².